The summed E-state index contributed by atoms with van der Waals surface area (Å²) in [6.07, 6.45) is 0. The lowest BCUT2D eigenvalue weighted by Crippen LogP contribution is -2.37. The van der Waals surface area contributed by atoms with E-state index in [1.165, 1.54) is 99.1 Å². The molecule has 604 valence electrons. The lowest BCUT2D eigenvalue weighted by molar-refractivity contribution is 0.434. The Hall–Kier alpha value is -16.7. The smallest absolute Gasteiger partial charge is 0.164 e. The van der Waals surface area contributed by atoms with Gasteiger partial charge in [-0.3, -0.25) is 0 Å². The van der Waals surface area contributed by atoms with E-state index in [0.717, 1.165) is 111 Å². The van der Waals surface area contributed by atoms with Gasteiger partial charge in [-0.05, 0) is 107 Å². The van der Waals surface area contributed by atoms with Crippen LogP contribution in [0.4, 0.5) is 0 Å². The van der Waals surface area contributed by atoms with E-state index in [-0.39, 0.29) is 0 Å². The highest BCUT2D eigenvalue weighted by Gasteiger charge is 2.53. The number of H-pyrrole nitrogens is 1. The Morgan fingerprint density at radius 1 is 0.217 bits per heavy atom. The average Bonchev–Trinajstić information content (AvgIpc) is 1.57. The van der Waals surface area contributed by atoms with Crippen LogP contribution in [0.15, 0.2) is 429 Å². The molecule has 0 aliphatic carbocycles. The fourth-order valence-corrected chi connectivity index (χ4v) is 21.4. The van der Waals surface area contributed by atoms with Crippen molar-refractivity contribution >= 4 is 103 Å². The Morgan fingerprint density at radius 3 is 1.05 bits per heavy atom. The van der Waals surface area contributed by atoms with Crippen molar-refractivity contribution in [2.24, 2.45) is 0 Å². The Kier molecular flexibility index (Phi) is 16.7. The number of hydrogen-bond acceptors (Lipinski definition) is 8. The molecule has 13 heteroatoms. The molecule has 0 saturated heterocycles. The summed E-state index contributed by atoms with van der Waals surface area (Å²) >= 11 is 3.52. The zero-order valence-corrected chi connectivity index (χ0v) is 70.7. The van der Waals surface area contributed by atoms with E-state index in [1.807, 2.05) is 146 Å². The van der Waals surface area contributed by atoms with Gasteiger partial charge in [-0.25, -0.2) is 29.9 Å². The van der Waals surface area contributed by atoms with Gasteiger partial charge in [-0.2, -0.15) is 0 Å². The van der Waals surface area contributed by atoms with Crippen molar-refractivity contribution in [3.63, 3.8) is 0 Å². The maximum atomic E-state index is 7.11. The lowest BCUT2D eigenvalue weighted by atomic mass is 9.61. The predicted molar refractivity (Wildman–Crippen MR) is 523 cm³/mol. The molecule has 129 heavy (non-hydrogen) atoms. The fourth-order valence-electron chi connectivity index (χ4n) is 21.0. The van der Waals surface area contributed by atoms with Crippen molar-refractivity contribution < 1.29 is 9.47 Å². The van der Waals surface area contributed by atoms with Crippen LogP contribution in [0.1, 0.15) is 44.5 Å². The van der Waals surface area contributed by atoms with Gasteiger partial charge in [-0.15, -0.1) is 0 Å². The molecule has 4 aliphatic rings. The van der Waals surface area contributed by atoms with E-state index >= 15 is 0 Å². The Morgan fingerprint density at radius 2 is 0.566 bits per heavy atom. The predicted octanol–water partition coefficient (Wildman–Crippen LogP) is 28.7. The van der Waals surface area contributed by atoms with Crippen molar-refractivity contribution in [2.45, 2.75) is 10.8 Å². The number of rotatable bonds is 7. The van der Waals surface area contributed by atoms with Gasteiger partial charge in [0.1, 0.15) is 23.0 Å². The summed E-state index contributed by atoms with van der Waals surface area (Å²) in [5, 5.41) is 9.80. The normalized spacial score (nSPS) is 14.6. The molecule has 6 aromatic heterocycles. The first-order chi connectivity index (χ1) is 63.9. The third-order valence-electron chi connectivity index (χ3n) is 26.3. The van der Waals surface area contributed by atoms with E-state index in [0.29, 0.717) is 34.9 Å². The maximum absolute atomic E-state index is 7.11. The van der Waals surface area contributed by atoms with Gasteiger partial charge in [-0.1, -0.05) is 344 Å². The zero-order valence-electron chi connectivity index (χ0n) is 69.1. The number of nitrogens with zero attached hydrogens (tertiary/aromatic N) is 9. The fraction of sp³-hybridized carbons (Fsp3) is 0.0172. The minimum atomic E-state index is -0.673. The van der Waals surface area contributed by atoms with E-state index in [9.17, 15) is 0 Å². The number of aromatic amines is 1. The molecule has 2 atom stereocenters. The van der Waals surface area contributed by atoms with Crippen LogP contribution in [0.2, 0.25) is 0 Å². The van der Waals surface area contributed by atoms with Crippen LogP contribution >= 0.6 is 15.9 Å². The van der Waals surface area contributed by atoms with Gasteiger partial charge in [0.25, 0.3) is 0 Å². The van der Waals surface area contributed by atoms with E-state index in [1.54, 1.807) is 0 Å². The monoisotopic (exact) mass is 1710 g/mol. The van der Waals surface area contributed by atoms with Crippen LogP contribution in [0.5, 0.6) is 23.0 Å². The van der Waals surface area contributed by atoms with Gasteiger partial charge in [0.2, 0.25) is 0 Å². The van der Waals surface area contributed by atoms with Crippen LogP contribution in [0.25, 0.3) is 173 Å². The Labute approximate surface area is 748 Å². The molecule has 10 heterocycles. The highest BCUT2D eigenvalue weighted by atomic mass is 79.9. The van der Waals surface area contributed by atoms with Crippen molar-refractivity contribution in [3.05, 3.63) is 474 Å². The zero-order chi connectivity index (χ0) is 85.0. The van der Waals surface area contributed by atoms with E-state index in [2.05, 4.69) is 319 Å². The molecule has 0 bridgehead atoms. The third-order valence-corrected chi connectivity index (χ3v) is 26.8. The molecule has 0 amide bonds. The van der Waals surface area contributed by atoms with Crippen molar-refractivity contribution in [1.29, 1.82) is 0 Å². The Balaban J connectivity index is 0.000000114. The largest absolute Gasteiger partial charge is 0.457 e. The number of aromatic nitrogens is 10. The molecular formula is C116H71BrN10O2. The Bertz CT molecular complexity index is 8630. The second kappa shape index (κ2) is 29.2. The van der Waals surface area contributed by atoms with Crippen LogP contribution in [0, 0.1) is 0 Å². The van der Waals surface area contributed by atoms with Crippen LogP contribution in [-0.2, 0) is 10.8 Å². The second-order valence-corrected chi connectivity index (χ2v) is 34.2. The molecule has 2 unspecified atom stereocenters. The summed E-state index contributed by atoms with van der Waals surface area (Å²) in [7, 11) is 0. The quantitative estimate of drug-likeness (QED) is 0.167. The molecule has 0 fully saturated rings. The molecule has 28 rings (SSSR count). The topological polar surface area (TPSA) is 126 Å². The summed E-state index contributed by atoms with van der Waals surface area (Å²) in [6.45, 7) is 0. The molecule has 0 saturated carbocycles. The van der Waals surface area contributed by atoms with Gasteiger partial charge < -0.3 is 28.2 Å². The second-order valence-electron chi connectivity index (χ2n) is 33.3. The molecule has 2 spiro atoms. The summed E-state index contributed by atoms with van der Waals surface area (Å²) in [5.41, 5.74) is 26.8. The van der Waals surface area contributed by atoms with Crippen LogP contribution < -0.4 is 9.47 Å². The number of nitrogens with one attached hydrogen (secondary N) is 1. The molecule has 1 N–H and O–H groups in total. The summed E-state index contributed by atoms with van der Waals surface area (Å²) < 4.78 is 22.2. The molecule has 12 nitrogen and oxygen atoms in total. The average molecular weight is 1720 g/mol. The first kappa shape index (κ1) is 73.8. The highest BCUT2D eigenvalue weighted by Crippen LogP contribution is 2.64. The van der Waals surface area contributed by atoms with Gasteiger partial charge in [0, 0.05) is 127 Å². The van der Waals surface area contributed by atoms with Crippen molar-refractivity contribution in [2.75, 3.05) is 0 Å². The summed E-state index contributed by atoms with van der Waals surface area (Å²) in [5.74, 6) is 7.36. The molecule has 24 aromatic rings. The minimum absolute atomic E-state index is 0.544. The molecule has 0 radical (unpaired) electrons. The summed E-state index contributed by atoms with van der Waals surface area (Å²) in [4.78, 5) is 32.8. The number of halogens is 1. The van der Waals surface area contributed by atoms with Gasteiger partial charge in [0.05, 0.1) is 60.8 Å². The molecule has 4 aliphatic heterocycles. The highest BCUT2D eigenvalue weighted by molar-refractivity contribution is 9.10. The molecular weight excluding hydrogens is 1650 g/mol. The SMILES string of the molecule is Brc1cccc(-c2nc(-c3ccccc3)nc(-c3ccccc3)n2)c1.c1ccc(-c2nc(-c3ccccc3)nc(-c3cccc(-n4c5ccccc5c5cc6c(cc54)Oc4ccccc4C64c5ccccc5-n5c6ccccc6c6cccc4c65)c3)n2)cc1.c1ccc2c(c1)Oc1cc3[nH]c4ccccc4c3cc1C21c2ccccc2-n2c3ccccc3c3cccc1c32. The van der Waals surface area contributed by atoms with E-state index < -0.39 is 10.8 Å². The standard InChI is InChI=1S/C58H35N5O.C37H22N2O.C21H14BrN3/c1-3-17-36(18-4-1)55-59-56(37-19-5-2-6-20-37)61-57(60-55)38-21-15-22-39(33-38)62-48-29-11-8-24-41(48)43-34-47-53(35-51(43)62)64-52-32-14-10-27-45(52)58(47)44-26-9-13-31-50(44)63-49-30-12-7-23-40(49)42-25-16-28-46(58)54(42)63;1-5-16-30-22(10-1)25-20-29-35(21-31(25)38-30)40-34-19-8-4-14-27(34)37(29)26-13-3-7-18-33(26)39-32-17-6-2-11-23(32)24-12-9-15-28(37)36(24)39;22-18-13-7-12-17(14-18)21-24-19(15-8-3-1-4-9-15)23-20(25-21)16-10-5-2-6-11-16/h1-35H;1-21,38H;1-14H. The van der Waals surface area contributed by atoms with Gasteiger partial charge >= 0.3 is 0 Å². The number of fused-ring (bicyclic) bond motifs is 28. The molecule has 18 aromatic carbocycles. The van der Waals surface area contributed by atoms with E-state index in [4.69, 9.17) is 34.4 Å². The number of para-hydroxylation sites is 10. The van der Waals surface area contributed by atoms with Crippen molar-refractivity contribution in [3.8, 4) is 108 Å². The number of benzene rings is 18. The number of ether oxygens (including phenoxy) is 2. The first-order valence-corrected chi connectivity index (χ1v) is 44.2. The lowest BCUT2D eigenvalue weighted by Gasteiger charge is -2.45. The maximum Gasteiger partial charge on any atom is 0.164 e. The summed E-state index contributed by atoms with van der Waals surface area (Å²) in [6, 6.07) is 150. The minimum Gasteiger partial charge on any atom is -0.457 e. The van der Waals surface area contributed by atoms with Crippen LogP contribution in [-0.4, -0.2) is 48.6 Å². The first-order valence-electron chi connectivity index (χ1n) is 43.4. The van der Waals surface area contributed by atoms with Crippen molar-refractivity contribution in [1.82, 2.24) is 48.6 Å². The van der Waals surface area contributed by atoms with Gasteiger partial charge in [0.15, 0.2) is 34.9 Å². The number of hydrogen-bond donors (Lipinski definition) is 1. The van der Waals surface area contributed by atoms with Crippen LogP contribution in [0.3, 0.4) is 0 Å². The third kappa shape index (κ3) is 11.3.